The van der Waals surface area contributed by atoms with Crippen LogP contribution < -0.4 is 10.1 Å². The Morgan fingerprint density at radius 1 is 1.37 bits per heavy atom. The zero-order chi connectivity index (χ0) is 19.0. The van der Waals surface area contributed by atoms with Crippen LogP contribution in [0.4, 0.5) is 0 Å². The second kappa shape index (κ2) is 7.31. The van der Waals surface area contributed by atoms with Crippen LogP contribution in [0, 0.1) is 23.2 Å². The number of para-hydroxylation sites is 1. The number of methoxy groups -OCH3 is 1. The van der Waals surface area contributed by atoms with Gasteiger partial charge in [-0.05, 0) is 49.5 Å². The van der Waals surface area contributed by atoms with Crippen molar-refractivity contribution in [2.24, 2.45) is 23.2 Å². The van der Waals surface area contributed by atoms with Crippen LogP contribution in [0.25, 0.3) is 0 Å². The van der Waals surface area contributed by atoms with Crippen LogP contribution >= 0.6 is 0 Å². The Kier molecular flexibility index (Phi) is 5.02. The Hall–Kier alpha value is -1.81. The standard InChI is InChI=1S/C23H31NO3/c1-15-7-6-10-23(2)12-21-17(11-19(15)23)18(22(25)27-21)14-24-13-16-8-4-5-9-20(16)26-3/h4-5,8-9,17-19,21,24H,1,6-7,10-14H2,2-3H3/t17-,18+,19-,21+,23+/m0/s1. The predicted octanol–water partition coefficient (Wildman–Crippen LogP) is 4.10. The second-order valence-electron chi connectivity index (χ2n) is 8.85. The maximum Gasteiger partial charge on any atom is 0.310 e. The van der Waals surface area contributed by atoms with E-state index >= 15 is 0 Å². The van der Waals surface area contributed by atoms with Gasteiger partial charge < -0.3 is 14.8 Å². The highest BCUT2D eigenvalue weighted by atomic mass is 16.6. The minimum atomic E-state index is -0.0519. The largest absolute Gasteiger partial charge is 0.496 e. The lowest BCUT2D eigenvalue weighted by atomic mass is 9.55. The van der Waals surface area contributed by atoms with Crippen molar-refractivity contribution < 1.29 is 14.3 Å². The summed E-state index contributed by atoms with van der Waals surface area (Å²) in [5.41, 5.74) is 2.76. The Labute approximate surface area is 162 Å². The molecule has 0 unspecified atom stereocenters. The lowest BCUT2D eigenvalue weighted by molar-refractivity contribution is -0.146. The number of hydrogen-bond donors (Lipinski definition) is 1. The third kappa shape index (κ3) is 3.40. The van der Waals surface area contributed by atoms with Gasteiger partial charge in [0.05, 0.1) is 13.0 Å². The van der Waals surface area contributed by atoms with E-state index in [0.717, 1.165) is 30.6 Å². The van der Waals surface area contributed by atoms with Crippen LogP contribution in [-0.4, -0.2) is 25.7 Å². The number of carbonyl (C=O) groups excluding carboxylic acids is 1. The summed E-state index contributed by atoms with van der Waals surface area (Å²) >= 11 is 0. The van der Waals surface area contributed by atoms with E-state index in [0.29, 0.717) is 24.9 Å². The molecule has 1 saturated heterocycles. The first-order valence-electron chi connectivity index (χ1n) is 10.2. The van der Waals surface area contributed by atoms with E-state index in [-0.39, 0.29) is 23.4 Å². The van der Waals surface area contributed by atoms with E-state index in [1.807, 2.05) is 18.2 Å². The fourth-order valence-electron chi connectivity index (χ4n) is 5.70. The minimum Gasteiger partial charge on any atom is -0.496 e. The van der Waals surface area contributed by atoms with Gasteiger partial charge in [-0.3, -0.25) is 4.79 Å². The number of allylic oxidation sites excluding steroid dienone is 1. The highest BCUT2D eigenvalue weighted by molar-refractivity contribution is 5.75. The molecule has 4 heteroatoms. The first kappa shape index (κ1) is 18.5. The quantitative estimate of drug-likeness (QED) is 0.627. The van der Waals surface area contributed by atoms with Gasteiger partial charge in [0.25, 0.3) is 0 Å². The summed E-state index contributed by atoms with van der Waals surface area (Å²) in [5, 5.41) is 3.47. The van der Waals surface area contributed by atoms with Crippen molar-refractivity contribution >= 4 is 5.97 Å². The molecule has 4 rings (SSSR count). The monoisotopic (exact) mass is 369 g/mol. The van der Waals surface area contributed by atoms with Crippen LogP contribution in [0.15, 0.2) is 36.4 Å². The number of ether oxygens (including phenoxy) is 2. The molecule has 0 bridgehead atoms. The number of carbonyl (C=O) groups is 1. The summed E-state index contributed by atoms with van der Waals surface area (Å²) in [7, 11) is 1.69. The van der Waals surface area contributed by atoms with Gasteiger partial charge >= 0.3 is 5.97 Å². The van der Waals surface area contributed by atoms with Crippen molar-refractivity contribution in [3.05, 3.63) is 42.0 Å². The lowest BCUT2D eigenvalue weighted by Crippen LogP contribution is -2.45. The molecule has 0 spiro atoms. The van der Waals surface area contributed by atoms with Gasteiger partial charge in [0, 0.05) is 24.6 Å². The zero-order valence-corrected chi connectivity index (χ0v) is 16.5. The van der Waals surface area contributed by atoms with E-state index < -0.39 is 0 Å². The van der Waals surface area contributed by atoms with Gasteiger partial charge in [-0.25, -0.2) is 0 Å². The molecule has 27 heavy (non-hydrogen) atoms. The van der Waals surface area contributed by atoms with Gasteiger partial charge in [0.2, 0.25) is 0 Å². The normalized spacial score (nSPS) is 35.3. The summed E-state index contributed by atoms with van der Waals surface area (Å²) in [6, 6.07) is 8.00. The smallest absolute Gasteiger partial charge is 0.310 e. The van der Waals surface area contributed by atoms with Crippen LogP contribution in [0.1, 0.15) is 44.6 Å². The second-order valence-corrected chi connectivity index (χ2v) is 8.85. The third-order valence-electron chi connectivity index (χ3n) is 7.19. The van der Waals surface area contributed by atoms with Gasteiger partial charge in [0.1, 0.15) is 11.9 Å². The number of fused-ring (bicyclic) bond motifs is 2. The molecule has 1 aromatic carbocycles. The molecule has 5 atom stereocenters. The van der Waals surface area contributed by atoms with Gasteiger partial charge in [-0.1, -0.05) is 37.3 Å². The highest BCUT2D eigenvalue weighted by Crippen LogP contribution is 2.56. The van der Waals surface area contributed by atoms with Crippen molar-refractivity contribution in [1.29, 1.82) is 0 Å². The highest BCUT2D eigenvalue weighted by Gasteiger charge is 2.54. The Balaban J connectivity index is 1.42. The molecular weight excluding hydrogens is 338 g/mol. The summed E-state index contributed by atoms with van der Waals surface area (Å²) in [4.78, 5) is 12.6. The molecule has 1 aromatic rings. The molecule has 2 saturated carbocycles. The van der Waals surface area contributed by atoms with E-state index in [2.05, 4.69) is 24.9 Å². The Bertz CT molecular complexity index is 730. The van der Waals surface area contributed by atoms with Crippen LogP contribution in [0.5, 0.6) is 5.75 Å². The van der Waals surface area contributed by atoms with Gasteiger partial charge in [-0.2, -0.15) is 0 Å². The molecule has 1 aliphatic heterocycles. The van der Waals surface area contributed by atoms with E-state index in [9.17, 15) is 4.79 Å². The number of esters is 1. The average molecular weight is 370 g/mol. The van der Waals surface area contributed by atoms with Crippen molar-refractivity contribution in [1.82, 2.24) is 5.32 Å². The molecule has 0 aromatic heterocycles. The summed E-state index contributed by atoms with van der Waals surface area (Å²) < 4.78 is 11.3. The molecule has 0 amide bonds. The van der Waals surface area contributed by atoms with Gasteiger partial charge in [-0.15, -0.1) is 0 Å². The molecule has 2 aliphatic carbocycles. The summed E-state index contributed by atoms with van der Waals surface area (Å²) in [6.07, 6.45) is 5.73. The molecule has 1 N–H and O–H groups in total. The van der Waals surface area contributed by atoms with E-state index in [1.54, 1.807) is 7.11 Å². The SMILES string of the molecule is C=C1CCC[C@]2(C)C[C@H]3OC(=O)[C@H](CNCc4ccccc4OC)[C@@H]3C[C@@H]12. The first-order chi connectivity index (χ1) is 13.0. The van der Waals surface area contributed by atoms with Gasteiger partial charge in [0.15, 0.2) is 0 Å². The molecule has 1 heterocycles. The maximum absolute atomic E-state index is 12.6. The molecule has 4 nitrogen and oxygen atoms in total. The fourth-order valence-corrected chi connectivity index (χ4v) is 5.70. The van der Waals surface area contributed by atoms with Crippen molar-refractivity contribution in [2.45, 2.75) is 51.7 Å². The summed E-state index contributed by atoms with van der Waals surface area (Å²) in [5.74, 6) is 1.66. The third-order valence-corrected chi connectivity index (χ3v) is 7.19. The maximum atomic E-state index is 12.6. The van der Waals surface area contributed by atoms with E-state index in [1.165, 1.54) is 18.4 Å². The topological polar surface area (TPSA) is 47.6 Å². The number of rotatable bonds is 5. The fraction of sp³-hybridized carbons (Fsp3) is 0.609. The molecular formula is C23H31NO3. The van der Waals surface area contributed by atoms with Crippen LogP contribution in [0.3, 0.4) is 0 Å². The Morgan fingerprint density at radius 2 is 2.19 bits per heavy atom. The zero-order valence-electron chi connectivity index (χ0n) is 16.5. The molecule has 146 valence electrons. The van der Waals surface area contributed by atoms with Crippen molar-refractivity contribution in [2.75, 3.05) is 13.7 Å². The predicted molar refractivity (Wildman–Crippen MR) is 105 cm³/mol. The van der Waals surface area contributed by atoms with Crippen LogP contribution in [0.2, 0.25) is 0 Å². The van der Waals surface area contributed by atoms with Crippen molar-refractivity contribution in [3.63, 3.8) is 0 Å². The van der Waals surface area contributed by atoms with E-state index in [4.69, 9.17) is 9.47 Å². The van der Waals surface area contributed by atoms with Crippen molar-refractivity contribution in [3.8, 4) is 5.75 Å². The Morgan fingerprint density at radius 3 is 3.00 bits per heavy atom. The lowest BCUT2D eigenvalue weighted by Gasteiger charge is -2.50. The number of nitrogens with one attached hydrogen (secondary N) is 1. The minimum absolute atomic E-state index is 0.0228. The summed E-state index contributed by atoms with van der Waals surface area (Å²) in [6.45, 7) is 8.10. The number of benzene rings is 1. The molecule has 3 aliphatic rings. The van der Waals surface area contributed by atoms with Crippen LogP contribution in [-0.2, 0) is 16.1 Å². The number of hydrogen-bond acceptors (Lipinski definition) is 4. The average Bonchev–Trinajstić information content (AvgIpc) is 2.94. The molecule has 0 radical (unpaired) electrons. The molecule has 3 fully saturated rings. The first-order valence-corrected chi connectivity index (χ1v) is 10.2.